The Balaban J connectivity index is 2.12. The molecule has 0 aliphatic carbocycles. The zero-order chi connectivity index (χ0) is 26.2. The van der Waals surface area contributed by atoms with E-state index in [1.807, 2.05) is 13.8 Å². The molecule has 1 unspecified atom stereocenters. The molecule has 0 heterocycles. The Morgan fingerprint density at radius 1 is 1.09 bits per heavy atom. The fourth-order valence-electron chi connectivity index (χ4n) is 2.96. The van der Waals surface area contributed by atoms with Crippen molar-refractivity contribution in [3.05, 3.63) is 59.7 Å². The van der Waals surface area contributed by atoms with Crippen LogP contribution in [0.3, 0.4) is 0 Å². The summed E-state index contributed by atoms with van der Waals surface area (Å²) < 4.78 is 73.4. The largest absolute Gasteiger partial charge is 0.465 e. The maximum atomic E-state index is 12.9. The SMILES string of the molecule is CCOC(=O)CNC(=O)N(Cc1ccc(OS(=O)(=O)c2cccc(C(F)(F)F)c2)cc1)C(C)CC. The number of nitrogens with one attached hydrogen (secondary N) is 1. The van der Waals surface area contributed by atoms with Crippen LogP contribution in [0.5, 0.6) is 5.75 Å². The summed E-state index contributed by atoms with van der Waals surface area (Å²) in [5.41, 5.74) is -0.468. The number of amides is 2. The average molecular weight is 517 g/mol. The van der Waals surface area contributed by atoms with Crippen molar-refractivity contribution in [1.29, 1.82) is 0 Å². The molecule has 35 heavy (non-hydrogen) atoms. The molecule has 0 aliphatic rings. The van der Waals surface area contributed by atoms with Crippen LogP contribution < -0.4 is 9.50 Å². The van der Waals surface area contributed by atoms with E-state index in [1.54, 1.807) is 6.92 Å². The van der Waals surface area contributed by atoms with Gasteiger partial charge in [-0.25, -0.2) is 4.79 Å². The zero-order valence-corrected chi connectivity index (χ0v) is 20.3. The first kappa shape index (κ1) is 28.0. The van der Waals surface area contributed by atoms with E-state index in [9.17, 15) is 31.2 Å². The van der Waals surface area contributed by atoms with Gasteiger partial charge in [0.05, 0.1) is 12.2 Å². The molecule has 0 spiro atoms. The minimum Gasteiger partial charge on any atom is -0.465 e. The number of rotatable bonds is 10. The fourth-order valence-corrected chi connectivity index (χ4v) is 3.94. The first-order chi connectivity index (χ1) is 16.4. The summed E-state index contributed by atoms with van der Waals surface area (Å²) in [6.07, 6.45) is -4.06. The first-order valence-corrected chi connectivity index (χ1v) is 12.2. The normalized spacial score (nSPS) is 12.5. The van der Waals surface area contributed by atoms with Crippen LogP contribution in [0.4, 0.5) is 18.0 Å². The number of alkyl halides is 3. The number of carbonyl (C=O) groups is 2. The van der Waals surface area contributed by atoms with Gasteiger partial charge in [-0.05, 0) is 56.2 Å². The second-order valence-electron chi connectivity index (χ2n) is 7.56. The second-order valence-corrected chi connectivity index (χ2v) is 9.10. The second kappa shape index (κ2) is 11.9. The number of nitrogens with zero attached hydrogens (tertiary/aromatic N) is 1. The quantitative estimate of drug-likeness (QED) is 0.372. The standard InChI is InChI=1S/C23H27F3N2O6S/c1-4-16(3)28(22(30)27-14-21(29)33-5-2)15-17-9-11-19(12-10-17)34-35(31,32)20-8-6-7-18(13-20)23(24,25)26/h6-13,16H,4-5,14-15H2,1-3H3,(H,27,30). The Hall–Kier alpha value is -3.28. The summed E-state index contributed by atoms with van der Waals surface area (Å²) in [6.45, 7) is 5.46. The van der Waals surface area contributed by atoms with Gasteiger partial charge in [0, 0.05) is 12.6 Å². The van der Waals surface area contributed by atoms with Crippen LogP contribution in [-0.2, 0) is 32.4 Å². The van der Waals surface area contributed by atoms with Crippen molar-refractivity contribution in [3.8, 4) is 5.75 Å². The molecule has 0 saturated heterocycles. The molecule has 192 valence electrons. The Kier molecular flexibility index (Phi) is 9.52. The monoisotopic (exact) mass is 516 g/mol. The third-order valence-corrected chi connectivity index (χ3v) is 6.25. The molecule has 0 bridgehead atoms. The van der Waals surface area contributed by atoms with Gasteiger partial charge in [-0.1, -0.05) is 25.1 Å². The smallest absolute Gasteiger partial charge is 0.416 e. The van der Waals surface area contributed by atoms with Crippen molar-refractivity contribution in [2.45, 2.75) is 50.9 Å². The molecule has 2 amide bonds. The lowest BCUT2D eigenvalue weighted by Gasteiger charge is -2.28. The van der Waals surface area contributed by atoms with Crippen molar-refractivity contribution >= 4 is 22.1 Å². The molecule has 0 saturated carbocycles. The van der Waals surface area contributed by atoms with E-state index in [-0.39, 0.29) is 31.5 Å². The number of benzene rings is 2. The highest BCUT2D eigenvalue weighted by Gasteiger charge is 2.32. The number of carbonyl (C=O) groups excluding carboxylic acids is 2. The van der Waals surface area contributed by atoms with Crippen LogP contribution in [0.25, 0.3) is 0 Å². The lowest BCUT2D eigenvalue weighted by atomic mass is 10.1. The predicted octanol–water partition coefficient (Wildman–Crippen LogP) is 4.35. The molecular weight excluding hydrogens is 489 g/mol. The van der Waals surface area contributed by atoms with E-state index in [0.29, 0.717) is 18.1 Å². The van der Waals surface area contributed by atoms with Crippen LogP contribution >= 0.6 is 0 Å². The van der Waals surface area contributed by atoms with Gasteiger partial charge >= 0.3 is 28.3 Å². The van der Waals surface area contributed by atoms with E-state index in [2.05, 4.69) is 5.32 Å². The number of urea groups is 1. The highest BCUT2D eigenvalue weighted by atomic mass is 32.2. The van der Waals surface area contributed by atoms with E-state index in [4.69, 9.17) is 8.92 Å². The van der Waals surface area contributed by atoms with Crippen molar-refractivity contribution in [1.82, 2.24) is 10.2 Å². The van der Waals surface area contributed by atoms with Crippen LogP contribution in [0.2, 0.25) is 0 Å². The lowest BCUT2D eigenvalue weighted by molar-refractivity contribution is -0.142. The molecule has 12 heteroatoms. The minimum atomic E-state index is -4.70. The molecule has 2 aromatic rings. The summed E-state index contributed by atoms with van der Waals surface area (Å²) >= 11 is 0. The van der Waals surface area contributed by atoms with Crippen molar-refractivity contribution < 1.29 is 40.1 Å². The van der Waals surface area contributed by atoms with Gasteiger partial charge in [-0.15, -0.1) is 0 Å². The average Bonchev–Trinajstić information content (AvgIpc) is 2.81. The van der Waals surface area contributed by atoms with E-state index < -0.39 is 38.8 Å². The van der Waals surface area contributed by atoms with Crippen LogP contribution in [0, 0.1) is 0 Å². The molecule has 0 aromatic heterocycles. The summed E-state index contributed by atoms with van der Waals surface area (Å²) in [7, 11) is -4.50. The van der Waals surface area contributed by atoms with E-state index in [0.717, 1.165) is 18.2 Å². The van der Waals surface area contributed by atoms with Crippen LogP contribution in [-0.4, -0.2) is 44.5 Å². The number of ether oxygens (including phenoxy) is 1. The highest BCUT2D eigenvalue weighted by molar-refractivity contribution is 7.87. The summed E-state index contributed by atoms with van der Waals surface area (Å²) in [4.78, 5) is 25.0. The molecule has 0 radical (unpaired) electrons. The van der Waals surface area contributed by atoms with Gasteiger partial charge in [-0.2, -0.15) is 21.6 Å². The Morgan fingerprint density at radius 3 is 2.31 bits per heavy atom. The molecule has 0 fully saturated rings. The Morgan fingerprint density at radius 2 is 1.74 bits per heavy atom. The van der Waals surface area contributed by atoms with E-state index >= 15 is 0 Å². The topological polar surface area (TPSA) is 102 Å². The molecule has 2 aromatic carbocycles. The number of halogens is 3. The van der Waals surface area contributed by atoms with Gasteiger partial charge in [0.2, 0.25) is 0 Å². The molecule has 1 N–H and O–H groups in total. The first-order valence-electron chi connectivity index (χ1n) is 10.8. The summed E-state index contributed by atoms with van der Waals surface area (Å²) in [5, 5.41) is 2.51. The molecular formula is C23H27F3N2O6S. The van der Waals surface area contributed by atoms with Crippen molar-refractivity contribution in [2.24, 2.45) is 0 Å². The van der Waals surface area contributed by atoms with Crippen molar-refractivity contribution in [3.63, 3.8) is 0 Å². The lowest BCUT2D eigenvalue weighted by Crippen LogP contribution is -2.46. The maximum absolute atomic E-state index is 12.9. The van der Waals surface area contributed by atoms with Gasteiger partial charge in [-0.3, -0.25) is 4.79 Å². The fraction of sp³-hybridized carbons (Fsp3) is 0.391. The van der Waals surface area contributed by atoms with Gasteiger partial charge < -0.3 is 19.1 Å². The Bertz CT molecular complexity index is 1120. The molecule has 1 atom stereocenters. The number of esters is 1. The Labute approximate surface area is 202 Å². The third-order valence-electron chi connectivity index (χ3n) is 5.01. The van der Waals surface area contributed by atoms with Gasteiger partial charge in [0.25, 0.3) is 0 Å². The minimum absolute atomic E-state index is 0.104. The van der Waals surface area contributed by atoms with Gasteiger partial charge in [0.1, 0.15) is 17.2 Å². The molecule has 2 rings (SSSR count). The van der Waals surface area contributed by atoms with Crippen LogP contribution in [0.1, 0.15) is 38.3 Å². The van der Waals surface area contributed by atoms with Gasteiger partial charge in [0.15, 0.2) is 0 Å². The third kappa shape index (κ3) is 8.16. The predicted molar refractivity (Wildman–Crippen MR) is 121 cm³/mol. The van der Waals surface area contributed by atoms with Crippen molar-refractivity contribution in [2.75, 3.05) is 13.2 Å². The highest BCUT2D eigenvalue weighted by Crippen LogP contribution is 2.31. The number of hydrogen-bond acceptors (Lipinski definition) is 6. The summed E-state index contributed by atoms with van der Waals surface area (Å²) in [6, 6.07) is 8.36. The molecule has 8 nitrogen and oxygen atoms in total. The molecule has 0 aliphatic heterocycles. The van der Waals surface area contributed by atoms with E-state index in [1.165, 1.54) is 29.2 Å². The zero-order valence-electron chi connectivity index (χ0n) is 19.5. The summed E-state index contributed by atoms with van der Waals surface area (Å²) in [5.74, 6) is -0.665. The van der Waals surface area contributed by atoms with Crippen LogP contribution in [0.15, 0.2) is 53.4 Å². The maximum Gasteiger partial charge on any atom is 0.416 e. The number of hydrogen-bond donors (Lipinski definition) is 1.